The van der Waals surface area contributed by atoms with Gasteiger partial charge < -0.3 is 20.7 Å². The van der Waals surface area contributed by atoms with E-state index < -0.39 is 0 Å². The molecule has 1 amide bonds. The highest BCUT2D eigenvalue weighted by Gasteiger charge is 2.28. The molecule has 1 aliphatic rings. The van der Waals surface area contributed by atoms with Gasteiger partial charge >= 0.3 is 0 Å². The normalized spacial score (nSPS) is 15.2. The summed E-state index contributed by atoms with van der Waals surface area (Å²) in [5.74, 6) is 0.791. The van der Waals surface area contributed by atoms with Gasteiger partial charge in [-0.1, -0.05) is 25.5 Å². The summed E-state index contributed by atoms with van der Waals surface area (Å²) in [5, 5.41) is 9.74. The van der Waals surface area contributed by atoms with E-state index >= 15 is 0 Å². The molecule has 0 saturated carbocycles. The molecule has 176 valence electrons. The summed E-state index contributed by atoms with van der Waals surface area (Å²) in [4.78, 5) is 19.3. The Morgan fingerprint density at radius 3 is 2.39 bits per heavy atom. The summed E-state index contributed by atoms with van der Waals surface area (Å²) in [5.41, 5.74) is 1.79. The summed E-state index contributed by atoms with van der Waals surface area (Å²) in [6.45, 7) is 15.1. The fourth-order valence-electron chi connectivity index (χ4n) is 3.33. The van der Waals surface area contributed by atoms with E-state index in [0.29, 0.717) is 12.1 Å². The Morgan fingerprint density at radius 2 is 1.77 bits per heavy atom. The van der Waals surface area contributed by atoms with Gasteiger partial charge in [0.05, 0.1) is 19.8 Å². The molecular weight excluding hydrogens is 505 g/mol. The van der Waals surface area contributed by atoms with Crippen LogP contribution in [0.2, 0.25) is 0 Å². The molecule has 0 radical (unpaired) electrons. The lowest BCUT2D eigenvalue weighted by Gasteiger charge is -2.41. The summed E-state index contributed by atoms with van der Waals surface area (Å²) < 4.78 is 5.47. The Balaban J connectivity index is 0.00000480. The summed E-state index contributed by atoms with van der Waals surface area (Å²) in [6, 6.07) is 7.68. The minimum atomic E-state index is -0.0150. The van der Waals surface area contributed by atoms with Gasteiger partial charge in [0.2, 0.25) is 0 Å². The zero-order valence-electron chi connectivity index (χ0n) is 19.5. The maximum Gasteiger partial charge on any atom is 0.251 e. The van der Waals surface area contributed by atoms with E-state index in [-0.39, 0.29) is 35.4 Å². The second kappa shape index (κ2) is 14.6. The predicted octanol–water partition coefficient (Wildman–Crippen LogP) is 3.00. The highest BCUT2D eigenvalue weighted by atomic mass is 127. The smallest absolute Gasteiger partial charge is 0.251 e. The second-order valence-corrected chi connectivity index (χ2v) is 8.27. The van der Waals surface area contributed by atoms with Crippen LogP contribution in [0, 0.1) is 0 Å². The SMILES string of the molecule is CCCCNC(=O)c1ccc(CN=C(NCC)NCC(C)(C)N2CCOCC2)cc1.I. The number of halogens is 1. The Hall–Kier alpha value is -1.39. The Kier molecular flexibility index (Phi) is 13.0. The number of carbonyl (C=O) groups is 1. The molecule has 1 heterocycles. The number of ether oxygens (including phenoxy) is 1. The van der Waals surface area contributed by atoms with Gasteiger partial charge in [-0.25, -0.2) is 4.99 Å². The van der Waals surface area contributed by atoms with E-state index in [0.717, 1.165) is 70.3 Å². The van der Waals surface area contributed by atoms with Gasteiger partial charge in [-0.05, 0) is 44.9 Å². The van der Waals surface area contributed by atoms with Gasteiger partial charge in [0.1, 0.15) is 0 Å². The zero-order chi connectivity index (χ0) is 21.8. The monoisotopic (exact) mass is 545 g/mol. The van der Waals surface area contributed by atoms with Crippen LogP contribution in [0.1, 0.15) is 56.5 Å². The number of rotatable bonds is 10. The van der Waals surface area contributed by atoms with Crippen LogP contribution in [0.25, 0.3) is 0 Å². The molecule has 8 heteroatoms. The fourth-order valence-corrected chi connectivity index (χ4v) is 3.33. The third-order valence-corrected chi connectivity index (χ3v) is 5.35. The fraction of sp³-hybridized carbons (Fsp3) is 0.652. The highest BCUT2D eigenvalue weighted by molar-refractivity contribution is 14.0. The molecule has 3 N–H and O–H groups in total. The van der Waals surface area contributed by atoms with Crippen LogP contribution in [0.3, 0.4) is 0 Å². The van der Waals surface area contributed by atoms with Gasteiger partial charge in [0.25, 0.3) is 5.91 Å². The molecule has 0 aromatic heterocycles. The largest absolute Gasteiger partial charge is 0.379 e. The standard InChI is InChI=1S/C23H39N5O2.HI/c1-5-7-12-25-21(29)20-10-8-19(9-11-20)17-26-22(24-6-2)27-18-23(3,4)28-13-15-30-16-14-28;/h8-11H,5-7,12-18H2,1-4H3,(H,25,29)(H2,24,26,27);1H. The Bertz CT molecular complexity index is 673. The van der Waals surface area contributed by atoms with Crippen molar-refractivity contribution in [2.75, 3.05) is 45.9 Å². The Morgan fingerprint density at radius 1 is 1.10 bits per heavy atom. The molecule has 2 rings (SSSR count). The van der Waals surface area contributed by atoms with E-state index in [1.807, 2.05) is 24.3 Å². The van der Waals surface area contributed by atoms with Crippen molar-refractivity contribution in [3.63, 3.8) is 0 Å². The van der Waals surface area contributed by atoms with Gasteiger partial charge in [0.15, 0.2) is 5.96 Å². The van der Waals surface area contributed by atoms with E-state index in [1.165, 1.54) is 0 Å². The number of nitrogens with zero attached hydrogens (tertiary/aromatic N) is 2. The molecule has 1 fully saturated rings. The summed E-state index contributed by atoms with van der Waals surface area (Å²) in [6.07, 6.45) is 2.07. The number of unbranched alkanes of at least 4 members (excludes halogenated alkanes) is 1. The number of nitrogens with one attached hydrogen (secondary N) is 3. The second-order valence-electron chi connectivity index (χ2n) is 8.27. The topological polar surface area (TPSA) is 78.0 Å². The van der Waals surface area contributed by atoms with Crippen molar-refractivity contribution in [2.24, 2.45) is 4.99 Å². The number of benzene rings is 1. The molecule has 7 nitrogen and oxygen atoms in total. The van der Waals surface area contributed by atoms with Crippen molar-refractivity contribution in [1.29, 1.82) is 0 Å². The van der Waals surface area contributed by atoms with E-state index in [4.69, 9.17) is 9.73 Å². The number of hydrogen-bond acceptors (Lipinski definition) is 4. The minimum Gasteiger partial charge on any atom is -0.379 e. The van der Waals surface area contributed by atoms with E-state index in [2.05, 4.69) is 48.5 Å². The highest BCUT2D eigenvalue weighted by Crippen LogP contribution is 2.15. The molecule has 0 unspecified atom stereocenters. The van der Waals surface area contributed by atoms with Crippen LogP contribution in [-0.4, -0.2) is 68.2 Å². The minimum absolute atomic E-state index is 0. The van der Waals surface area contributed by atoms with Crippen molar-refractivity contribution >= 4 is 35.8 Å². The number of aliphatic imine (C=N–C) groups is 1. The lowest BCUT2D eigenvalue weighted by atomic mass is 10.0. The van der Waals surface area contributed by atoms with Gasteiger partial charge in [-0.2, -0.15) is 0 Å². The third kappa shape index (κ3) is 9.74. The molecule has 0 bridgehead atoms. The first-order chi connectivity index (χ1) is 14.5. The van der Waals surface area contributed by atoms with Crippen molar-refractivity contribution in [2.45, 2.75) is 52.6 Å². The number of hydrogen-bond donors (Lipinski definition) is 3. The van der Waals surface area contributed by atoms with Gasteiger partial charge in [-0.3, -0.25) is 9.69 Å². The third-order valence-electron chi connectivity index (χ3n) is 5.35. The molecule has 0 aliphatic carbocycles. The van der Waals surface area contributed by atoms with Crippen LogP contribution >= 0.6 is 24.0 Å². The van der Waals surface area contributed by atoms with E-state index in [1.54, 1.807) is 0 Å². The lowest BCUT2D eigenvalue weighted by Crippen LogP contribution is -2.56. The summed E-state index contributed by atoms with van der Waals surface area (Å²) in [7, 11) is 0. The molecule has 31 heavy (non-hydrogen) atoms. The maximum atomic E-state index is 12.1. The first-order valence-corrected chi connectivity index (χ1v) is 11.2. The number of morpholine rings is 1. The number of carbonyl (C=O) groups excluding carboxylic acids is 1. The molecule has 0 atom stereocenters. The predicted molar refractivity (Wildman–Crippen MR) is 138 cm³/mol. The number of amides is 1. The van der Waals surface area contributed by atoms with Crippen LogP contribution in [-0.2, 0) is 11.3 Å². The van der Waals surface area contributed by atoms with Gasteiger partial charge in [-0.15, -0.1) is 24.0 Å². The molecule has 1 aromatic rings. The molecule has 1 saturated heterocycles. The first kappa shape index (κ1) is 27.6. The van der Waals surface area contributed by atoms with Crippen LogP contribution in [0.15, 0.2) is 29.3 Å². The van der Waals surface area contributed by atoms with Crippen LogP contribution in [0.5, 0.6) is 0 Å². The average molecular weight is 546 g/mol. The maximum absolute atomic E-state index is 12.1. The van der Waals surface area contributed by atoms with Crippen molar-refractivity contribution in [3.8, 4) is 0 Å². The first-order valence-electron chi connectivity index (χ1n) is 11.2. The van der Waals surface area contributed by atoms with Gasteiger partial charge in [0, 0.05) is 43.8 Å². The Labute approximate surface area is 204 Å². The number of guanidine groups is 1. The molecule has 1 aliphatic heterocycles. The molecule has 1 aromatic carbocycles. The molecular formula is C23H40IN5O2. The van der Waals surface area contributed by atoms with Crippen molar-refractivity contribution < 1.29 is 9.53 Å². The lowest BCUT2D eigenvalue weighted by molar-refractivity contribution is -0.00834. The van der Waals surface area contributed by atoms with Crippen molar-refractivity contribution in [3.05, 3.63) is 35.4 Å². The summed E-state index contributed by atoms with van der Waals surface area (Å²) >= 11 is 0. The van der Waals surface area contributed by atoms with E-state index in [9.17, 15) is 4.79 Å². The zero-order valence-corrected chi connectivity index (χ0v) is 21.8. The van der Waals surface area contributed by atoms with Crippen LogP contribution < -0.4 is 16.0 Å². The average Bonchev–Trinajstić information content (AvgIpc) is 2.77. The molecule has 0 spiro atoms. The van der Waals surface area contributed by atoms with Crippen LogP contribution in [0.4, 0.5) is 0 Å². The quantitative estimate of drug-likeness (QED) is 0.183. The van der Waals surface area contributed by atoms with Crippen molar-refractivity contribution in [1.82, 2.24) is 20.9 Å².